The molecule has 2 nitrogen and oxygen atoms in total. The molecule has 1 unspecified atom stereocenters. The first-order valence-corrected chi connectivity index (χ1v) is 7.25. The highest BCUT2D eigenvalue weighted by Gasteiger charge is 2.24. The molecule has 0 heterocycles. The summed E-state index contributed by atoms with van der Waals surface area (Å²) in [5, 5.41) is 3.64. The maximum atomic E-state index is 6.21. The first kappa shape index (κ1) is 16.2. The predicted octanol–water partition coefficient (Wildman–Crippen LogP) is 3.88. The molecule has 0 radical (unpaired) electrons. The van der Waals surface area contributed by atoms with Gasteiger partial charge in [0.2, 0.25) is 0 Å². The Morgan fingerprint density at radius 2 is 1.63 bits per heavy atom. The summed E-state index contributed by atoms with van der Waals surface area (Å²) in [6.45, 7) is 12.3. The second-order valence-corrected chi connectivity index (χ2v) is 7.35. The third-order valence-electron chi connectivity index (χ3n) is 3.26. The van der Waals surface area contributed by atoms with Crippen LogP contribution in [0.3, 0.4) is 0 Å². The van der Waals surface area contributed by atoms with Crippen LogP contribution in [0, 0.1) is 5.41 Å². The fraction of sp³-hybridized carbons (Fsp3) is 0.647. The van der Waals surface area contributed by atoms with Gasteiger partial charge in [0.05, 0.1) is 0 Å². The normalized spacial score (nSPS) is 14.4. The number of nitrogens with two attached hydrogens (primary N) is 1. The lowest BCUT2D eigenvalue weighted by Gasteiger charge is -2.34. The van der Waals surface area contributed by atoms with Gasteiger partial charge in [0.25, 0.3) is 0 Å². The van der Waals surface area contributed by atoms with Crippen molar-refractivity contribution < 1.29 is 0 Å². The monoisotopic (exact) mass is 262 g/mol. The summed E-state index contributed by atoms with van der Waals surface area (Å²) in [5.41, 5.74) is 7.94. The van der Waals surface area contributed by atoms with Crippen LogP contribution in [0.15, 0.2) is 30.3 Å². The smallest absolute Gasteiger partial charge is 0.0306 e. The van der Waals surface area contributed by atoms with Crippen molar-refractivity contribution in [3.05, 3.63) is 35.9 Å². The van der Waals surface area contributed by atoms with Crippen molar-refractivity contribution in [2.45, 2.75) is 59.0 Å². The van der Waals surface area contributed by atoms with Crippen LogP contribution in [0.5, 0.6) is 0 Å². The molecule has 0 aliphatic carbocycles. The lowest BCUT2D eigenvalue weighted by Crippen LogP contribution is -2.43. The van der Waals surface area contributed by atoms with E-state index >= 15 is 0 Å². The van der Waals surface area contributed by atoms with Crippen LogP contribution in [-0.2, 0) is 0 Å². The number of rotatable bonds is 6. The van der Waals surface area contributed by atoms with Gasteiger partial charge in [-0.1, -0.05) is 51.1 Å². The van der Waals surface area contributed by atoms with Crippen molar-refractivity contribution in [3.8, 4) is 0 Å². The lowest BCUT2D eigenvalue weighted by molar-refractivity contribution is 0.240. The molecule has 3 N–H and O–H groups in total. The average molecular weight is 262 g/mol. The largest absolute Gasteiger partial charge is 0.324 e. The van der Waals surface area contributed by atoms with E-state index in [1.54, 1.807) is 0 Å². The van der Waals surface area contributed by atoms with Crippen molar-refractivity contribution in [2.24, 2.45) is 11.1 Å². The molecule has 0 saturated heterocycles. The van der Waals surface area contributed by atoms with Crippen LogP contribution < -0.4 is 11.1 Å². The molecule has 0 bridgehead atoms. The molecular formula is C17H30N2. The Balaban J connectivity index is 2.38. The van der Waals surface area contributed by atoms with Crippen LogP contribution in [0.2, 0.25) is 0 Å². The summed E-state index contributed by atoms with van der Waals surface area (Å²) >= 11 is 0. The van der Waals surface area contributed by atoms with Gasteiger partial charge in [-0.05, 0) is 44.2 Å². The third-order valence-corrected chi connectivity index (χ3v) is 3.26. The molecular weight excluding hydrogens is 232 g/mol. The quantitative estimate of drug-likeness (QED) is 0.816. The Morgan fingerprint density at radius 1 is 1.05 bits per heavy atom. The SMILES string of the molecule is CC(C)(C)CC(C)(C)NCCC(N)c1ccccc1. The van der Waals surface area contributed by atoms with Gasteiger partial charge in [0.1, 0.15) is 0 Å². The number of hydrogen-bond donors (Lipinski definition) is 2. The zero-order valence-electron chi connectivity index (χ0n) is 13.2. The van der Waals surface area contributed by atoms with Crippen LogP contribution in [0.25, 0.3) is 0 Å². The van der Waals surface area contributed by atoms with Gasteiger partial charge >= 0.3 is 0 Å². The highest BCUT2D eigenvalue weighted by Crippen LogP contribution is 2.26. The van der Waals surface area contributed by atoms with E-state index in [-0.39, 0.29) is 11.6 Å². The molecule has 0 aliphatic heterocycles. The Morgan fingerprint density at radius 3 is 2.16 bits per heavy atom. The Kier molecular flexibility index (Phi) is 5.57. The zero-order chi connectivity index (χ0) is 14.5. The van der Waals surface area contributed by atoms with Crippen LogP contribution in [-0.4, -0.2) is 12.1 Å². The van der Waals surface area contributed by atoms with E-state index < -0.39 is 0 Å². The zero-order valence-corrected chi connectivity index (χ0v) is 13.2. The van der Waals surface area contributed by atoms with Gasteiger partial charge in [-0.25, -0.2) is 0 Å². The molecule has 0 spiro atoms. The Hall–Kier alpha value is -0.860. The van der Waals surface area contributed by atoms with Crippen molar-refractivity contribution in [3.63, 3.8) is 0 Å². The van der Waals surface area contributed by atoms with Gasteiger partial charge in [-0.2, -0.15) is 0 Å². The molecule has 2 heteroatoms. The van der Waals surface area contributed by atoms with E-state index in [2.05, 4.69) is 52.1 Å². The summed E-state index contributed by atoms with van der Waals surface area (Å²) in [7, 11) is 0. The number of benzene rings is 1. The molecule has 0 aliphatic rings. The minimum Gasteiger partial charge on any atom is -0.324 e. The van der Waals surface area contributed by atoms with E-state index in [4.69, 9.17) is 5.73 Å². The predicted molar refractivity (Wildman–Crippen MR) is 84.1 cm³/mol. The first-order chi connectivity index (χ1) is 8.70. The molecule has 1 aromatic carbocycles. The second kappa shape index (κ2) is 6.53. The van der Waals surface area contributed by atoms with Crippen LogP contribution in [0.1, 0.15) is 59.1 Å². The van der Waals surface area contributed by atoms with Crippen molar-refractivity contribution in [2.75, 3.05) is 6.54 Å². The minimum absolute atomic E-state index is 0.124. The Labute approximate surface area is 118 Å². The number of hydrogen-bond acceptors (Lipinski definition) is 2. The maximum Gasteiger partial charge on any atom is 0.0306 e. The van der Waals surface area contributed by atoms with Crippen molar-refractivity contribution >= 4 is 0 Å². The highest BCUT2D eigenvalue weighted by molar-refractivity contribution is 5.18. The van der Waals surface area contributed by atoms with Gasteiger partial charge in [-0.15, -0.1) is 0 Å². The molecule has 0 amide bonds. The van der Waals surface area contributed by atoms with Gasteiger partial charge in [0.15, 0.2) is 0 Å². The summed E-state index contributed by atoms with van der Waals surface area (Å²) in [4.78, 5) is 0. The van der Waals surface area contributed by atoms with Crippen molar-refractivity contribution in [1.29, 1.82) is 0 Å². The van der Waals surface area contributed by atoms with Crippen molar-refractivity contribution in [1.82, 2.24) is 5.32 Å². The minimum atomic E-state index is 0.124. The molecule has 1 aromatic rings. The fourth-order valence-corrected chi connectivity index (χ4v) is 2.82. The maximum absolute atomic E-state index is 6.21. The highest BCUT2D eigenvalue weighted by atomic mass is 15.0. The third kappa shape index (κ3) is 6.74. The standard InChI is InChI=1S/C17H30N2/c1-16(2,3)13-17(4,5)19-12-11-15(18)14-9-7-6-8-10-14/h6-10,15,19H,11-13,18H2,1-5H3. The van der Waals surface area contributed by atoms with E-state index in [1.165, 1.54) is 5.56 Å². The summed E-state index contributed by atoms with van der Waals surface area (Å²) in [6, 6.07) is 10.5. The molecule has 1 rings (SSSR count). The van der Waals surface area contributed by atoms with Crippen LogP contribution in [0.4, 0.5) is 0 Å². The Bertz CT molecular complexity index is 363. The average Bonchev–Trinajstić information content (AvgIpc) is 2.26. The molecule has 1 atom stereocenters. The fourth-order valence-electron chi connectivity index (χ4n) is 2.82. The van der Waals surface area contributed by atoms with E-state index in [0.717, 1.165) is 19.4 Å². The van der Waals surface area contributed by atoms with Gasteiger partial charge in [0, 0.05) is 11.6 Å². The van der Waals surface area contributed by atoms with E-state index in [9.17, 15) is 0 Å². The summed E-state index contributed by atoms with van der Waals surface area (Å²) in [5.74, 6) is 0. The summed E-state index contributed by atoms with van der Waals surface area (Å²) in [6.07, 6.45) is 2.12. The van der Waals surface area contributed by atoms with Gasteiger partial charge in [-0.3, -0.25) is 0 Å². The van der Waals surface area contributed by atoms with E-state index in [1.807, 2.05) is 18.2 Å². The number of nitrogens with one attached hydrogen (secondary N) is 1. The molecule has 0 aromatic heterocycles. The topological polar surface area (TPSA) is 38.0 Å². The molecule has 108 valence electrons. The first-order valence-electron chi connectivity index (χ1n) is 7.25. The second-order valence-electron chi connectivity index (χ2n) is 7.35. The summed E-state index contributed by atoms with van der Waals surface area (Å²) < 4.78 is 0. The molecule has 0 saturated carbocycles. The van der Waals surface area contributed by atoms with Gasteiger partial charge < -0.3 is 11.1 Å². The molecule has 19 heavy (non-hydrogen) atoms. The van der Waals surface area contributed by atoms with Crippen LogP contribution >= 0.6 is 0 Å². The molecule has 0 fully saturated rings. The lowest BCUT2D eigenvalue weighted by atomic mass is 9.82. The van der Waals surface area contributed by atoms with E-state index in [0.29, 0.717) is 5.41 Å².